The molecule has 0 N–H and O–H groups in total. The zero-order chi connectivity index (χ0) is 29.9. The highest BCUT2D eigenvalue weighted by Crippen LogP contribution is 2.50. The Morgan fingerprint density at radius 3 is 2.11 bits per heavy atom. The minimum Gasteiger partial charge on any atom is -0.456 e. The van der Waals surface area contributed by atoms with E-state index < -0.39 is 0 Å². The van der Waals surface area contributed by atoms with Crippen molar-refractivity contribution < 1.29 is 4.42 Å². The van der Waals surface area contributed by atoms with Crippen LogP contribution in [0.2, 0.25) is 0 Å². The normalized spacial score (nSPS) is 13.7. The van der Waals surface area contributed by atoms with E-state index in [9.17, 15) is 0 Å². The van der Waals surface area contributed by atoms with Crippen molar-refractivity contribution in [3.05, 3.63) is 151 Å². The summed E-state index contributed by atoms with van der Waals surface area (Å²) in [5.41, 5.74) is 13.2. The van der Waals surface area contributed by atoms with E-state index in [4.69, 9.17) is 4.42 Å². The van der Waals surface area contributed by atoms with Crippen molar-refractivity contribution in [2.75, 3.05) is 0 Å². The molecule has 0 saturated heterocycles. The third kappa shape index (κ3) is 3.34. The minimum absolute atomic E-state index is 0.0470. The molecule has 0 bridgehead atoms. The molecule has 2 nitrogen and oxygen atoms in total. The highest BCUT2D eigenvalue weighted by Gasteiger charge is 2.36. The lowest BCUT2D eigenvalue weighted by atomic mass is 9.82. The lowest BCUT2D eigenvalue weighted by Crippen LogP contribution is -2.14. The largest absolute Gasteiger partial charge is 0.456 e. The van der Waals surface area contributed by atoms with E-state index in [0.29, 0.717) is 0 Å². The van der Waals surface area contributed by atoms with Crippen LogP contribution in [0.3, 0.4) is 0 Å². The third-order valence-electron chi connectivity index (χ3n) is 10.2. The molecule has 0 atom stereocenters. The van der Waals surface area contributed by atoms with Crippen LogP contribution in [0, 0.1) is 0 Å². The number of hydrogen-bond acceptors (Lipinski definition) is 1. The fourth-order valence-corrected chi connectivity index (χ4v) is 7.95. The van der Waals surface area contributed by atoms with Crippen LogP contribution >= 0.6 is 0 Å². The third-order valence-corrected chi connectivity index (χ3v) is 10.2. The van der Waals surface area contributed by atoms with Gasteiger partial charge in [0.15, 0.2) is 0 Å². The van der Waals surface area contributed by atoms with Crippen molar-refractivity contribution in [1.82, 2.24) is 4.57 Å². The van der Waals surface area contributed by atoms with Crippen molar-refractivity contribution in [2.45, 2.75) is 19.3 Å². The summed E-state index contributed by atoms with van der Waals surface area (Å²) in [5.74, 6) is 0. The van der Waals surface area contributed by atoms with E-state index >= 15 is 0 Å². The molecule has 45 heavy (non-hydrogen) atoms. The molecular formula is C43H29NO. The van der Waals surface area contributed by atoms with Crippen LogP contribution in [0.4, 0.5) is 0 Å². The Bertz CT molecular complexity index is 2670. The number of furan rings is 1. The lowest BCUT2D eigenvalue weighted by Gasteiger charge is -2.21. The molecule has 9 aromatic rings. The fraction of sp³-hybridized carbons (Fsp3) is 0.0698. The van der Waals surface area contributed by atoms with Crippen LogP contribution in [0.15, 0.2) is 144 Å². The van der Waals surface area contributed by atoms with Gasteiger partial charge in [-0.15, -0.1) is 0 Å². The van der Waals surface area contributed by atoms with Crippen molar-refractivity contribution >= 4 is 54.5 Å². The highest BCUT2D eigenvalue weighted by molar-refractivity contribution is 6.18. The molecule has 1 aliphatic carbocycles. The molecule has 0 amide bonds. The number of benzene rings is 7. The van der Waals surface area contributed by atoms with E-state index in [1.165, 1.54) is 71.3 Å². The number of hydrogen-bond donors (Lipinski definition) is 0. The fourth-order valence-electron chi connectivity index (χ4n) is 7.95. The molecule has 0 unspecified atom stereocenters. The van der Waals surface area contributed by atoms with Gasteiger partial charge in [0.05, 0.1) is 11.0 Å². The van der Waals surface area contributed by atoms with E-state index in [1.54, 1.807) is 0 Å². The van der Waals surface area contributed by atoms with E-state index in [1.807, 2.05) is 0 Å². The molecule has 0 spiro atoms. The minimum atomic E-state index is -0.0470. The van der Waals surface area contributed by atoms with Crippen molar-refractivity contribution in [3.63, 3.8) is 0 Å². The maximum atomic E-state index is 6.44. The molecule has 0 aliphatic heterocycles. The zero-order valence-corrected chi connectivity index (χ0v) is 25.1. The maximum Gasteiger partial charge on any atom is 0.135 e. The predicted octanol–water partition coefficient (Wildman–Crippen LogP) is 11.8. The summed E-state index contributed by atoms with van der Waals surface area (Å²) in [4.78, 5) is 0. The summed E-state index contributed by atoms with van der Waals surface area (Å²) in [6.45, 7) is 4.63. The molecule has 10 rings (SSSR count). The van der Waals surface area contributed by atoms with Gasteiger partial charge in [-0.3, -0.25) is 0 Å². The lowest BCUT2D eigenvalue weighted by molar-refractivity contribution is 0.647. The van der Waals surface area contributed by atoms with Crippen molar-refractivity contribution in [2.24, 2.45) is 0 Å². The molecule has 212 valence electrons. The van der Waals surface area contributed by atoms with Gasteiger partial charge in [0.1, 0.15) is 11.2 Å². The van der Waals surface area contributed by atoms with Gasteiger partial charge in [0.2, 0.25) is 0 Å². The van der Waals surface area contributed by atoms with Crippen LogP contribution < -0.4 is 0 Å². The summed E-state index contributed by atoms with van der Waals surface area (Å²) >= 11 is 0. The topological polar surface area (TPSA) is 18.1 Å². The number of rotatable bonds is 2. The average molecular weight is 576 g/mol. The molecule has 2 aromatic heterocycles. The second-order valence-electron chi connectivity index (χ2n) is 13.0. The summed E-state index contributed by atoms with van der Waals surface area (Å²) in [6, 6.07) is 51.0. The molecule has 0 radical (unpaired) electrons. The molecular weight excluding hydrogens is 546 g/mol. The Hall–Kier alpha value is -5.60. The summed E-state index contributed by atoms with van der Waals surface area (Å²) in [7, 11) is 0. The van der Waals surface area contributed by atoms with Gasteiger partial charge in [0.25, 0.3) is 0 Å². The Labute approximate surface area is 260 Å². The summed E-state index contributed by atoms with van der Waals surface area (Å²) < 4.78 is 8.86. The molecule has 1 aliphatic rings. The summed E-state index contributed by atoms with van der Waals surface area (Å²) in [6.07, 6.45) is 0. The zero-order valence-electron chi connectivity index (χ0n) is 25.1. The van der Waals surface area contributed by atoms with E-state index in [0.717, 1.165) is 22.2 Å². The van der Waals surface area contributed by atoms with Gasteiger partial charge in [0, 0.05) is 38.0 Å². The molecule has 0 fully saturated rings. The van der Waals surface area contributed by atoms with Crippen LogP contribution in [0.25, 0.3) is 82.5 Å². The first-order valence-electron chi connectivity index (χ1n) is 15.7. The van der Waals surface area contributed by atoms with Crippen LogP contribution in [-0.2, 0) is 5.41 Å². The smallest absolute Gasteiger partial charge is 0.135 e. The highest BCUT2D eigenvalue weighted by atomic mass is 16.3. The second-order valence-corrected chi connectivity index (χ2v) is 13.0. The van der Waals surface area contributed by atoms with Gasteiger partial charge >= 0.3 is 0 Å². The SMILES string of the molecule is CC1(C)c2ccccc2-c2cc3c(cc21)oc1ccc(-c2ccc(-n4c5ccccc5c5ccc6ccccc6c54)cc2)cc13. The number of fused-ring (bicyclic) bond motifs is 11. The first kappa shape index (κ1) is 24.8. The Morgan fingerprint density at radius 1 is 0.489 bits per heavy atom. The quantitative estimate of drug-likeness (QED) is 0.200. The van der Waals surface area contributed by atoms with Crippen molar-refractivity contribution in [1.29, 1.82) is 0 Å². The monoisotopic (exact) mass is 575 g/mol. The van der Waals surface area contributed by atoms with Gasteiger partial charge in [-0.05, 0) is 81.2 Å². The van der Waals surface area contributed by atoms with Gasteiger partial charge in [-0.1, -0.05) is 111 Å². The Kier molecular flexibility index (Phi) is 4.82. The number of aromatic nitrogens is 1. The summed E-state index contributed by atoms with van der Waals surface area (Å²) in [5, 5.41) is 7.41. The number of nitrogens with zero attached hydrogens (tertiary/aromatic N) is 1. The second kappa shape index (κ2) is 8.74. The van der Waals surface area contributed by atoms with Gasteiger partial charge in [-0.25, -0.2) is 0 Å². The predicted molar refractivity (Wildman–Crippen MR) is 189 cm³/mol. The van der Waals surface area contributed by atoms with E-state index in [2.05, 4.69) is 158 Å². The Morgan fingerprint density at radius 2 is 1.22 bits per heavy atom. The van der Waals surface area contributed by atoms with Gasteiger partial charge in [-0.2, -0.15) is 0 Å². The first-order valence-corrected chi connectivity index (χ1v) is 15.7. The Balaban J connectivity index is 1.12. The maximum absolute atomic E-state index is 6.44. The molecule has 2 heteroatoms. The van der Waals surface area contributed by atoms with Crippen LogP contribution in [0.1, 0.15) is 25.0 Å². The molecule has 2 heterocycles. The standard InChI is InChI=1S/C43H29NO/c1-43(2)37-13-7-5-11-31(37)34-24-36-35-23-28(18-22-40(35)45-41(36)25-38(34)43)26-15-19-29(20-16-26)44-39-14-8-6-12-32(39)33-21-17-27-9-3-4-10-30(27)42(33)44/h3-25H,1-2H3. The molecule has 7 aromatic carbocycles. The average Bonchev–Trinajstić information content (AvgIpc) is 3.69. The van der Waals surface area contributed by atoms with Crippen molar-refractivity contribution in [3.8, 4) is 27.9 Å². The molecule has 0 saturated carbocycles. The number of para-hydroxylation sites is 1. The van der Waals surface area contributed by atoms with Crippen LogP contribution in [-0.4, -0.2) is 4.57 Å². The van der Waals surface area contributed by atoms with Gasteiger partial charge < -0.3 is 8.98 Å². The first-order chi connectivity index (χ1) is 22.1. The van der Waals surface area contributed by atoms with E-state index in [-0.39, 0.29) is 5.41 Å². The van der Waals surface area contributed by atoms with Crippen LogP contribution in [0.5, 0.6) is 0 Å².